The number of hydrogen-bond acceptors (Lipinski definition) is 3. The van der Waals surface area contributed by atoms with Gasteiger partial charge < -0.3 is 15.0 Å². The van der Waals surface area contributed by atoms with Gasteiger partial charge in [0, 0.05) is 35.3 Å². The maximum atomic E-state index is 5.64. The van der Waals surface area contributed by atoms with Crippen molar-refractivity contribution in [3.63, 3.8) is 0 Å². The van der Waals surface area contributed by atoms with Crippen LogP contribution in [0.15, 0.2) is 22.7 Å². The van der Waals surface area contributed by atoms with Gasteiger partial charge in [-0.05, 0) is 45.4 Å². The number of ether oxygens (including phenoxy) is 1. The first-order valence-corrected chi connectivity index (χ1v) is 8.04. The first kappa shape index (κ1) is 15.8. The summed E-state index contributed by atoms with van der Waals surface area (Å²) in [6, 6.07) is 6.54. The summed E-state index contributed by atoms with van der Waals surface area (Å²) in [6.45, 7) is 12.3. The van der Waals surface area contributed by atoms with Crippen molar-refractivity contribution in [3.8, 4) is 0 Å². The van der Waals surface area contributed by atoms with Gasteiger partial charge in [-0.25, -0.2) is 0 Å². The number of morpholine rings is 1. The van der Waals surface area contributed by atoms with Crippen LogP contribution in [0.1, 0.15) is 33.3 Å². The molecule has 1 saturated heterocycles. The monoisotopic (exact) mass is 340 g/mol. The average Bonchev–Trinajstić information content (AvgIpc) is 2.36. The van der Waals surface area contributed by atoms with Gasteiger partial charge in [-0.1, -0.05) is 22.0 Å². The van der Waals surface area contributed by atoms with Crippen LogP contribution in [0.2, 0.25) is 0 Å². The van der Waals surface area contributed by atoms with Crippen molar-refractivity contribution >= 4 is 21.6 Å². The smallest absolute Gasteiger partial charge is 0.0722 e. The lowest BCUT2D eigenvalue weighted by molar-refractivity contribution is 0.0531. The Labute approximate surface area is 130 Å². The number of halogens is 1. The Morgan fingerprint density at radius 1 is 1.40 bits per heavy atom. The van der Waals surface area contributed by atoms with Gasteiger partial charge in [-0.2, -0.15) is 0 Å². The fraction of sp³-hybridized carbons (Fsp3) is 0.625. The van der Waals surface area contributed by atoms with Crippen molar-refractivity contribution < 1.29 is 4.74 Å². The van der Waals surface area contributed by atoms with Crippen molar-refractivity contribution in [1.29, 1.82) is 0 Å². The lowest BCUT2D eigenvalue weighted by Crippen LogP contribution is -2.42. The maximum Gasteiger partial charge on any atom is 0.0722 e. The summed E-state index contributed by atoms with van der Waals surface area (Å²) in [6.07, 6.45) is 0.297. The highest BCUT2D eigenvalue weighted by molar-refractivity contribution is 9.10. The zero-order chi connectivity index (χ0) is 14.8. The van der Waals surface area contributed by atoms with Gasteiger partial charge in [0.05, 0.1) is 12.7 Å². The van der Waals surface area contributed by atoms with Crippen molar-refractivity contribution in [2.75, 3.05) is 24.6 Å². The minimum atomic E-state index is 0.128. The van der Waals surface area contributed by atoms with Crippen molar-refractivity contribution in [1.82, 2.24) is 5.32 Å². The fourth-order valence-electron chi connectivity index (χ4n) is 2.38. The average molecular weight is 341 g/mol. The van der Waals surface area contributed by atoms with Crippen LogP contribution in [0.25, 0.3) is 0 Å². The van der Waals surface area contributed by atoms with E-state index in [0.29, 0.717) is 6.10 Å². The van der Waals surface area contributed by atoms with E-state index in [-0.39, 0.29) is 5.54 Å². The highest BCUT2D eigenvalue weighted by Crippen LogP contribution is 2.27. The molecule has 1 unspecified atom stereocenters. The van der Waals surface area contributed by atoms with E-state index in [0.717, 1.165) is 30.7 Å². The second kappa shape index (κ2) is 6.46. The molecule has 112 valence electrons. The van der Waals surface area contributed by atoms with E-state index < -0.39 is 0 Å². The molecular weight excluding hydrogens is 316 g/mol. The molecule has 0 radical (unpaired) electrons. The molecule has 2 rings (SSSR count). The second-order valence-electron chi connectivity index (χ2n) is 6.50. The molecule has 1 aromatic rings. The Morgan fingerprint density at radius 3 is 2.80 bits per heavy atom. The van der Waals surface area contributed by atoms with Gasteiger partial charge in [0.25, 0.3) is 0 Å². The normalized spacial score (nSPS) is 20.2. The quantitative estimate of drug-likeness (QED) is 0.910. The molecule has 1 fully saturated rings. The van der Waals surface area contributed by atoms with Crippen LogP contribution in [0.5, 0.6) is 0 Å². The summed E-state index contributed by atoms with van der Waals surface area (Å²) in [5, 5.41) is 3.58. The highest BCUT2D eigenvalue weighted by atomic mass is 79.9. The van der Waals surface area contributed by atoms with E-state index in [2.05, 4.69) is 72.0 Å². The number of hydrogen-bond donors (Lipinski definition) is 1. The molecular formula is C16H25BrN2O. The zero-order valence-corrected chi connectivity index (χ0v) is 14.5. The van der Waals surface area contributed by atoms with E-state index >= 15 is 0 Å². The zero-order valence-electron chi connectivity index (χ0n) is 12.9. The van der Waals surface area contributed by atoms with Crippen LogP contribution in [-0.4, -0.2) is 31.3 Å². The predicted molar refractivity (Wildman–Crippen MR) is 88.4 cm³/mol. The van der Waals surface area contributed by atoms with E-state index in [9.17, 15) is 0 Å². The molecule has 20 heavy (non-hydrogen) atoms. The Bertz CT molecular complexity index is 456. The van der Waals surface area contributed by atoms with Gasteiger partial charge in [0.2, 0.25) is 0 Å². The number of rotatable bonds is 3. The fourth-order valence-corrected chi connectivity index (χ4v) is 2.73. The maximum absolute atomic E-state index is 5.64. The van der Waals surface area contributed by atoms with Crippen LogP contribution in [-0.2, 0) is 11.3 Å². The largest absolute Gasteiger partial charge is 0.375 e. The second-order valence-corrected chi connectivity index (χ2v) is 7.42. The molecule has 1 atom stereocenters. The molecule has 1 N–H and O–H groups in total. The topological polar surface area (TPSA) is 24.5 Å². The van der Waals surface area contributed by atoms with Crippen LogP contribution < -0.4 is 10.2 Å². The molecule has 4 heteroatoms. The summed E-state index contributed by atoms with van der Waals surface area (Å²) >= 11 is 3.59. The third-order valence-electron chi connectivity index (χ3n) is 3.44. The van der Waals surface area contributed by atoms with Crippen molar-refractivity contribution in [3.05, 3.63) is 28.2 Å². The summed E-state index contributed by atoms with van der Waals surface area (Å²) in [7, 11) is 0. The van der Waals surface area contributed by atoms with E-state index in [1.807, 2.05) is 0 Å². The molecule has 1 aliphatic rings. The molecule has 1 heterocycles. The molecule has 0 aromatic heterocycles. The molecule has 0 amide bonds. The van der Waals surface area contributed by atoms with Gasteiger partial charge in [0.15, 0.2) is 0 Å². The van der Waals surface area contributed by atoms with E-state index in [1.165, 1.54) is 11.3 Å². The first-order valence-electron chi connectivity index (χ1n) is 7.25. The first-order chi connectivity index (χ1) is 9.35. The number of benzene rings is 1. The van der Waals surface area contributed by atoms with E-state index in [1.54, 1.807) is 0 Å². The van der Waals surface area contributed by atoms with Crippen LogP contribution in [0, 0.1) is 0 Å². The predicted octanol–water partition coefficient (Wildman–Crippen LogP) is 3.56. The standard InChI is InChI=1S/C16H25BrN2O/c1-12-11-19(7-8-20-12)15-9-14(17)6-5-13(15)10-18-16(2,3)4/h5-6,9,12,18H,7-8,10-11H2,1-4H3. The van der Waals surface area contributed by atoms with E-state index in [4.69, 9.17) is 4.74 Å². The SMILES string of the molecule is CC1CN(c2cc(Br)ccc2CNC(C)(C)C)CCO1. The summed E-state index contributed by atoms with van der Waals surface area (Å²) in [5.74, 6) is 0. The molecule has 0 saturated carbocycles. The minimum absolute atomic E-state index is 0.128. The number of anilines is 1. The molecule has 3 nitrogen and oxygen atoms in total. The Hall–Kier alpha value is -0.580. The van der Waals surface area contributed by atoms with Gasteiger partial charge in [-0.15, -0.1) is 0 Å². The van der Waals surface area contributed by atoms with Crippen LogP contribution in [0.4, 0.5) is 5.69 Å². The third kappa shape index (κ3) is 4.47. The molecule has 1 aliphatic heterocycles. The van der Waals surface area contributed by atoms with Gasteiger partial charge in [-0.3, -0.25) is 0 Å². The Balaban J connectivity index is 2.19. The molecule has 1 aromatic carbocycles. The van der Waals surface area contributed by atoms with Crippen LogP contribution in [0.3, 0.4) is 0 Å². The summed E-state index contributed by atoms with van der Waals surface area (Å²) in [5.41, 5.74) is 2.78. The van der Waals surface area contributed by atoms with Gasteiger partial charge in [0.1, 0.15) is 0 Å². The minimum Gasteiger partial charge on any atom is -0.375 e. The molecule has 0 bridgehead atoms. The summed E-state index contributed by atoms with van der Waals surface area (Å²) < 4.78 is 6.78. The number of nitrogens with zero attached hydrogens (tertiary/aromatic N) is 1. The van der Waals surface area contributed by atoms with Crippen molar-refractivity contribution in [2.24, 2.45) is 0 Å². The van der Waals surface area contributed by atoms with Crippen LogP contribution >= 0.6 is 15.9 Å². The van der Waals surface area contributed by atoms with Gasteiger partial charge >= 0.3 is 0 Å². The lowest BCUT2D eigenvalue weighted by atomic mass is 10.1. The van der Waals surface area contributed by atoms with Crippen molar-refractivity contribution in [2.45, 2.75) is 45.9 Å². The lowest BCUT2D eigenvalue weighted by Gasteiger charge is -2.35. The molecule has 0 spiro atoms. The Morgan fingerprint density at radius 2 is 2.15 bits per heavy atom. The molecule has 0 aliphatic carbocycles. The highest BCUT2D eigenvalue weighted by Gasteiger charge is 2.20. The number of nitrogens with one attached hydrogen (secondary N) is 1. The Kier molecular flexibility index (Phi) is 5.10. The summed E-state index contributed by atoms with van der Waals surface area (Å²) in [4.78, 5) is 2.43. The third-order valence-corrected chi connectivity index (χ3v) is 3.93.